The molecule has 2 N–H and O–H groups in total. The van der Waals surface area contributed by atoms with Crippen LogP contribution in [0, 0.1) is 6.92 Å². The molecule has 5 nitrogen and oxygen atoms in total. The summed E-state index contributed by atoms with van der Waals surface area (Å²) >= 11 is 6.00. The average Bonchev–Trinajstić information content (AvgIpc) is 2.51. The topological polar surface area (TPSA) is 75.3 Å². The van der Waals surface area contributed by atoms with Gasteiger partial charge in [-0.05, 0) is 43.7 Å². The smallest absolute Gasteiger partial charge is 0.242 e. The van der Waals surface area contributed by atoms with Crippen molar-refractivity contribution in [2.75, 3.05) is 5.32 Å². The van der Waals surface area contributed by atoms with Crippen LogP contribution in [0.5, 0.6) is 0 Å². The molecule has 0 fully saturated rings. The predicted molar refractivity (Wildman–Crippen MR) is 91.0 cm³/mol. The van der Waals surface area contributed by atoms with Crippen LogP contribution in [0.4, 0.5) is 5.69 Å². The summed E-state index contributed by atoms with van der Waals surface area (Å²) in [4.78, 5) is 12.2. The van der Waals surface area contributed by atoms with E-state index in [-0.39, 0.29) is 4.90 Å². The third kappa shape index (κ3) is 4.54. The molecule has 0 spiro atoms. The number of sulfonamides is 1. The molecule has 2 aromatic carbocycles. The van der Waals surface area contributed by atoms with Crippen LogP contribution in [-0.2, 0) is 14.8 Å². The number of carbonyl (C=O) groups excluding carboxylic acids is 1. The maximum Gasteiger partial charge on any atom is 0.242 e. The van der Waals surface area contributed by atoms with Crippen LogP contribution in [0.1, 0.15) is 12.5 Å². The van der Waals surface area contributed by atoms with Crippen LogP contribution in [0.2, 0.25) is 5.02 Å². The molecule has 0 heterocycles. The van der Waals surface area contributed by atoms with E-state index in [1.165, 1.54) is 19.1 Å². The Labute approximate surface area is 140 Å². The molecule has 23 heavy (non-hydrogen) atoms. The highest BCUT2D eigenvalue weighted by Crippen LogP contribution is 2.20. The lowest BCUT2D eigenvalue weighted by atomic mass is 10.2. The zero-order valence-corrected chi connectivity index (χ0v) is 14.3. The Morgan fingerprint density at radius 2 is 1.78 bits per heavy atom. The van der Waals surface area contributed by atoms with Crippen molar-refractivity contribution in [1.29, 1.82) is 0 Å². The van der Waals surface area contributed by atoms with Gasteiger partial charge < -0.3 is 5.32 Å². The molecule has 7 heteroatoms. The third-order valence-electron chi connectivity index (χ3n) is 3.22. The van der Waals surface area contributed by atoms with E-state index in [4.69, 9.17) is 11.6 Å². The molecule has 0 aliphatic carbocycles. The van der Waals surface area contributed by atoms with Gasteiger partial charge in [-0.3, -0.25) is 4.79 Å². The molecule has 2 aromatic rings. The summed E-state index contributed by atoms with van der Waals surface area (Å²) in [6.07, 6.45) is 0. The van der Waals surface area contributed by atoms with Gasteiger partial charge in [-0.15, -0.1) is 0 Å². The largest absolute Gasteiger partial charge is 0.325 e. The first kappa shape index (κ1) is 17.5. The van der Waals surface area contributed by atoms with E-state index in [0.29, 0.717) is 10.7 Å². The molecular weight excluding hydrogens is 336 g/mol. The first-order valence-electron chi connectivity index (χ1n) is 6.94. The standard InChI is InChI=1S/C16H17ClN2O3S/c1-11-8-9-13(10-15(11)17)18-16(20)12(2)19-23(21,22)14-6-4-3-5-7-14/h3-10,12,19H,1-2H3,(H,18,20)/t12-/m0/s1. The highest BCUT2D eigenvalue weighted by atomic mass is 35.5. The first-order chi connectivity index (χ1) is 10.8. The van der Waals surface area contributed by atoms with Gasteiger partial charge in [0.05, 0.1) is 10.9 Å². The van der Waals surface area contributed by atoms with Crippen LogP contribution < -0.4 is 10.0 Å². The average molecular weight is 353 g/mol. The number of hydrogen-bond donors (Lipinski definition) is 2. The highest BCUT2D eigenvalue weighted by Gasteiger charge is 2.21. The van der Waals surface area contributed by atoms with Gasteiger partial charge in [0.1, 0.15) is 0 Å². The van der Waals surface area contributed by atoms with E-state index < -0.39 is 22.0 Å². The predicted octanol–water partition coefficient (Wildman–Crippen LogP) is 2.95. The van der Waals surface area contributed by atoms with E-state index in [0.717, 1.165) is 5.56 Å². The van der Waals surface area contributed by atoms with Gasteiger partial charge in [-0.1, -0.05) is 35.9 Å². The molecule has 0 radical (unpaired) electrons. The molecule has 0 unspecified atom stereocenters. The lowest BCUT2D eigenvalue weighted by Crippen LogP contribution is -2.41. The Hall–Kier alpha value is -1.89. The Morgan fingerprint density at radius 1 is 1.13 bits per heavy atom. The fraction of sp³-hybridized carbons (Fsp3) is 0.188. The number of halogens is 1. The minimum absolute atomic E-state index is 0.109. The van der Waals surface area contributed by atoms with Gasteiger partial charge in [0.25, 0.3) is 0 Å². The second kappa shape index (κ2) is 7.12. The fourth-order valence-corrected chi connectivity index (χ4v) is 3.28. The van der Waals surface area contributed by atoms with Crippen LogP contribution in [0.15, 0.2) is 53.4 Å². The number of nitrogens with one attached hydrogen (secondary N) is 2. The van der Waals surface area contributed by atoms with E-state index >= 15 is 0 Å². The number of rotatable bonds is 5. The minimum atomic E-state index is -3.75. The Balaban J connectivity index is 2.06. The molecule has 0 aromatic heterocycles. The van der Waals surface area contributed by atoms with Gasteiger partial charge in [0, 0.05) is 10.7 Å². The van der Waals surface area contributed by atoms with Crippen LogP contribution in [-0.4, -0.2) is 20.4 Å². The van der Waals surface area contributed by atoms with Gasteiger partial charge in [0.15, 0.2) is 0 Å². The van der Waals surface area contributed by atoms with Crippen molar-refractivity contribution in [3.05, 3.63) is 59.1 Å². The molecule has 0 saturated heterocycles. The van der Waals surface area contributed by atoms with Crippen molar-refractivity contribution in [3.63, 3.8) is 0 Å². The van der Waals surface area contributed by atoms with E-state index in [1.54, 1.807) is 36.4 Å². The van der Waals surface area contributed by atoms with Gasteiger partial charge >= 0.3 is 0 Å². The van der Waals surface area contributed by atoms with Crippen molar-refractivity contribution in [2.45, 2.75) is 24.8 Å². The van der Waals surface area contributed by atoms with Gasteiger partial charge in [0.2, 0.25) is 15.9 Å². The maximum atomic E-state index is 12.2. The summed E-state index contributed by atoms with van der Waals surface area (Å²) in [5.41, 5.74) is 1.40. The van der Waals surface area contributed by atoms with Crippen molar-refractivity contribution < 1.29 is 13.2 Å². The molecule has 0 saturated carbocycles. The number of benzene rings is 2. The lowest BCUT2D eigenvalue weighted by molar-refractivity contribution is -0.117. The van der Waals surface area contributed by atoms with E-state index in [9.17, 15) is 13.2 Å². The van der Waals surface area contributed by atoms with Crippen molar-refractivity contribution in [3.8, 4) is 0 Å². The number of aryl methyl sites for hydroxylation is 1. The summed E-state index contributed by atoms with van der Waals surface area (Å²) in [6.45, 7) is 3.33. The summed E-state index contributed by atoms with van der Waals surface area (Å²) in [6, 6.07) is 12.1. The molecule has 0 aliphatic heterocycles. The van der Waals surface area contributed by atoms with Crippen LogP contribution in [0.3, 0.4) is 0 Å². The van der Waals surface area contributed by atoms with Gasteiger partial charge in [-0.25, -0.2) is 8.42 Å². The Morgan fingerprint density at radius 3 is 2.39 bits per heavy atom. The monoisotopic (exact) mass is 352 g/mol. The van der Waals surface area contributed by atoms with Gasteiger partial charge in [-0.2, -0.15) is 4.72 Å². The maximum absolute atomic E-state index is 12.2. The number of carbonyl (C=O) groups is 1. The second-order valence-electron chi connectivity index (χ2n) is 5.11. The van der Waals surface area contributed by atoms with Crippen molar-refractivity contribution >= 4 is 33.2 Å². The number of anilines is 1. The molecule has 1 atom stereocenters. The Bertz CT molecular complexity index is 807. The minimum Gasteiger partial charge on any atom is -0.325 e. The molecule has 122 valence electrons. The zero-order chi connectivity index (χ0) is 17.0. The van der Waals surface area contributed by atoms with E-state index in [1.807, 2.05) is 6.92 Å². The number of amides is 1. The highest BCUT2D eigenvalue weighted by molar-refractivity contribution is 7.89. The zero-order valence-electron chi connectivity index (χ0n) is 12.7. The first-order valence-corrected chi connectivity index (χ1v) is 8.80. The van der Waals surface area contributed by atoms with Crippen LogP contribution >= 0.6 is 11.6 Å². The second-order valence-corrected chi connectivity index (χ2v) is 7.23. The molecular formula is C16H17ClN2O3S. The third-order valence-corrected chi connectivity index (χ3v) is 5.18. The molecule has 2 rings (SSSR count). The Kier molecular flexibility index (Phi) is 5.41. The van der Waals surface area contributed by atoms with Crippen molar-refractivity contribution in [1.82, 2.24) is 4.72 Å². The van der Waals surface area contributed by atoms with Crippen molar-refractivity contribution in [2.24, 2.45) is 0 Å². The fourth-order valence-electron chi connectivity index (χ4n) is 1.88. The summed E-state index contributed by atoms with van der Waals surface area (Å²) in [5, 5.41) is 3.16. The quantitative estimate of drug-likeness (QED) is 0.868. The lowest BCUT2D eigenvalue weighted by Gasteiger charge is -2.15. The number of hydrogen-bond acceptors (Lipinski definition) is 3. The molecule has 0 aliphatic rings. The summed E-state index contributed by atoms with van der Waals surface area (Å²) in [7, 11) is -3.75. The summed E-state index contributed by atoms with van der Waals surface area (Å²) in [5.74, 6) is -0.468. The SMILES string of the molecule is Cc1ccc(NC(=O)[C@H](C)NS(=O)(=O)c2ccccc2)cc1Cl. The normalized spacial score (nSPS) is 12.7. The van der Waals surface area contributed by atoms with Crippen LogP contribution in [0.25, 0.3) is 0 Å². The molecule has 1 amide bonds. The summed E-state index contributed by atoms with van der Waals surface area (Å²) < 4.78 is 26.7. The van der Waals surface area contributed by atoms with E-state index in [2.05, 4.69) is 10.0 Å². The molecule has 0 bridgehead atoms.